The van der Waals surface area contributed by atoms with E-state index >= 15 is 0 Å². The van der Waals surface area contributed by atoms with E-state index in [1.54, 1.807) is 6.20 Å². The summed E-state index contributed by atoms with van der Waals surface area (Å²) in [6.07, 6.45) is 7.45. The number of aryl methyl sites for hydroxylation is 1. The lowest BCUT2D eigenvalue weighted by Gasteiger charge is -2.45. The first kappa shape index (κ1) is 17.2. The van der Waals surface area contributed by atoms with Crippen molar-refractivity contribution >= 4 is 11.7 Å². The second kappa shape index (κ2) is 7.09. The molecule has 2 heterocycles. The minimum absolute atomic E-state index is 0.140. The Morgan fingerprint density at radius 3 is 2.88 bits per heavy atom. The molecule has 5 heteroatoms. The van der Waals surface area contributed by atoms with Gasteiger partial charge in [-0.1, -0.05) is 20.3 Å². The minimum Gasteiger partial charge on any atom is -0.492 e. The minimum atomic E-state index is -0.517. The maximum absolute atomic E-state index is 12.4. The fourth-order valence-corrected chi connectivity index (χ4v) is 3.70. The molecule has 1 aliphatic carbocycles. The third kappa shape index (κ3) is 3.56. The van der Waals surface area contributed by atoms with Crippen molar-refractivity contribution in [3.63, 3.8) is 0 Å². The van der Waals surface area contributed by atoms with Crippen LogP contribution < -0.4 is 9.64 Å². The van der Waals surface area contributed by atoms with E-state index < -0.39 is 5.60 Å². The number of aliphatic hydroxyl groups is 1. The molecule has 0 radical (unpaired) electrons. The van der Waals surface area contributed by atoms with Gasteiger partial charge in [-0.25, -0.2) is 4.98 Å². The van der Waals surface area contributed by atoms with Gasteiger partial charge in [0.05, 0.1) is 18.4 Å². The Balaban J connectivity index is 1.68. The number of aromatic nitrogens is 1. The Morgan fingerprint density at radius 1 is 1.38 bits per heavy atom. The molecule has 5 nitrogen and oxygen atoms in total. The number of nitrogens with zero attached hydrogens (tertiary/aromatic N) is 2. The molecule has 1 N–H and O–H groups in total. The molecule has 0 unspecified atom stereocenters. The lowest BCUT2D eigenvalue weighted by atomic mass is 9.69. The van der Waals surface area contributed by atoms with Gasteiger partial charge in [0.1, 0.15) is 11.6 Å². The molecule has 0 aromatic carbocycles. The van der Waals surface area contributed by atoms with E-state index in [0.29, 0.717) is 25.5 Å². The number of hydrogen-bond acceptors (Lipinski definition) is 4. The van der Waals surface area contributed by atoms with Crippen molar-refractivity contribution in [2.75, 3.05) is 18.1 Å². The van der Waals surface area contributed by atoms with Gasteiger partial charge in [-0.3, -0.25) is 9.69 Å². The van der Waals surface area contributed by atoms with Gasteiger partial charge in [-0.05, 0) is 49.7 Å². The summed E-state index contributed by atoms with van der Waals surface area (Å²) in [5.41, 5.74) is 0.574. The van der Waals surface area contributed by atoms with Crippen LogP contribution in [0, 0.1) is 5.92 Å². The largest absolute Gasteiger partial charge is 0.492 e. The van der Waals surface area contributed by atoms with Crippen molar-refractivity contribution in [1.29, 1.82) is 0 Å². The van der Waals surface area contributed by atoms with E-state index in [9.17, 15) is 9.90 Å². The van der Waals surface area contributed by atoms with Gasteiger partial charge in [0, 0.05) is 13.0 Å². The standard InChI is InChI=1S/C19H28N2O3/c1-3-5-8-24-16-9-15-6-7-17(22)21(18(15)20-12-16)13-14-10-19(23,4-2)11-14/h9,12,14,23H,3-8,10-11,13H2,1-2H3. The lowest BCUT2D eigenvalue weighted by molar-refractivity contribution is -0.120. The molecule has 2 aliphatic rings. The van der Waals surface area contributed by atoms with E-state index in [-0.39, 0.29) is 5.91 Å². The Hall–Kier alpha value is -1.62. The highest BCUT2D eigenvalue weighted by Crippen LogP contribution is 2.41. The number of carbonyl (C=O) groups is 1. The molecule has 1 aromatic heterocycles. The van der Waals surface area contributed by atoms with Crippen LogP contribution in [0.2, 0.25) is 0 Å². The third-order valence-electron chi connectivity index (χ3n) is 5.29. The van der Waals surface area contributed by atoms with Crippen LogP contribution in [-0.4, -0.2) is 34.8 Å². The van der Waals surface area contributed by atoms with Crippen LogP contribution in [0.5, 0.6) is 5.75 Å². The Bertz CT molecular complexity index is 596. The number of ether oxygens (including phenoxy) is 1. The fraction of sp³-hybridized carbons (Fsp3) is 0.684. The van der Waals surface area contributed by atoms with E-state index in [1.165, 1.54) is 0 Å². The number of anilines is 1. The monoisotopic (exact) mass is 332 g/mol. The molecule has 0 saturated heterocycles. The molecule has 3 rings (SSSR count). The van der Waals surface area contributed by atoms with Gasteiger partial charge < -0.3 is 9.84 Å². The molecule has 1 aliphatic heterocycles. The highest BCUT2D eigenvalue weighted by Gasteiger charge is 2.42. The Kier molecular flexibility index (Phi) is 5.09. The van der Waals surface area contributed by atoms with E-state index in [0.717, 1.165) is 55.7 Å². The second-order valence-electron chi connectivity index (χ2n) is 7.21. The summed E-state index contributed by atoms with van der Waals surface area (Å²) in [4.78, 5) is 18.7. The Labute approximate surface area is 144 Å². The van der Waals surface area contributed by atoms with Crippen LogP contribution in [0.4, 0.5) is 5.82 Å². The normalized spacial score (nSPS) is 26.0. The zero-order chi connectivity index (χ0) is 17.2. The molecule has 1 aromatic rings. The van der Waals surface area contributed by atoms with Crippen LogP contribution in [0.3, 0.4) is 0 Å². The number of rotatable bonds is 7. The zero-order valence-electron chi connectivity index (χ0n) is 14.8. The first-order valence-corrected chi connectivity index (χ1v) is 9.19. The predicted molar refractivity (Wildman–Crippen MR) is 93.3 cm³/mol. The molecule has 1 saturated carbocycles. The second-order valence-corrected chi connectivity index (χ2v) is 7.21. The molecular weight excluding hydrogens is 304 g/mol. The summed E-state index contributed by atoms with van der Waals surface area (Å²) in [5.74, 6) is 2.08. The van der Waals surface area contributed by atoms with Crippen LogP contribution >= 0.6 is 0 Å². The molecule has 24 heavy (non-hydrogen) atoms. The van der Waals surface area contributed by atoms with Crippen molar-refractivity contribution in [3.8, 4) is 5.75 Å². The number of fused-ring (bicyclic) bond motifs is 1. The summed E-state index contributed by atoms with van der Waals surface area (Å²) in [5, 5.41) is 10.2. The van der Waals surface area contributed by atoms with E-state index in [4.69, 9.17) is 4.74 Å². The topological polar surface area (TPSA) is 62.7 Å². The average molecular weight is 332 g/mol. The molecular formula is C19H28N2O3. The summed E-state index contributed by atoms with van der Waals surface area (Å²) < 4.78 is 5.73. The SMILES string of the molecule is CCCCOc1cnc2c(c1)CCC(=O)N2CC1CC(O)(CC)C1. The maximum atomic E-state index is 12.4. The lowest BCUT2D eigenvalue weighted by Crippen LogP contribution is -2.50. The van der Waals surface area contributed by atoms with E-state index in [1.807, 2.05) is 17.9 Å². The molecule has 0 spiro atoms. The van der Waals surface area contributed by atoms with Gasteiger partial charge in [-0.2, -0.15) is 0 Å². The van der Waals surface area contributed by atoms with Gasteiger partial charge in [0.2, 0.25) is 5.91 Å². The molecule has 0 atom stereocenters. The zero-order valence-corrected chi connectivity index (χ0v) is 14.8. The predicted octanol–water partition coefficient (Wildman–Crippen LogP) is 3.09. The van der Waals surface area contributed by atoms with Gasteiger partial charge in [0.25, 0.3) is 0 Å². The number of carbonyl (C=O) groups excluding carboxylic acids is 1. The number of pyridine rings is 1. The number of amides is 1. The van der Waals surface area contributed by atoms with E-state index in [2.05, 4.69) is 11.9 Å². The Morgan fingerprint density at radius 2 is 2.17 bits per heavy atom. The summed E-state index contributed by atoms with van der Waals surface area (Å²) in [6.45, 7) is 5.52. The molecule has 1 amide bonds. The van der Waals surface area contributed by atoms with Crippen molar-refractivity contribution in [1.82, 2.24) is 4.98 Å². The van der Waals surface area contributed by atoms with Crippen LogP contribution in [0.1, 0.15) is 57.9 Å². The summed E-state index contributed by atoms with van der Waals surface area (Å²) in [6, 6.07) is 2.03. The first-order valence-electron chi connectivity index (χ1n) is 9.19. The summed E-state index contributed by atoms with van der Waals surface area (Å²) >= 11 is 0. The molecule has 1 fully saturated rings. The first-order chi connectivity index (χ1) is 11.5. The van der Waals surface area contributed by atoms with Crippen molar-refractivity contribution in [3.05, 3.63) is 17.8 Å². The van der Waals surface area contributed by atoms with Crippen molar-refractivity contribution < 1.29 is 14.6 Å². The molecule has 132 valence electrons. The van der Waals surface area contributed by atoms with Crippen LogP contribution in [-0.2, 0) is 11.2 Å². The van der Waals surface area contributed by atoms with Gasteiger partial charge in [0.15, 0.2) is 0 Å². The summed E-state index contributed by atoms with van der Waals surface area (Å²) in [7, 11) is 0. The fourth-order valence-electron chi connectivity index (χ4n) is 3.70. The average Bonchev–Trinajstić information content (AvgIpc) is 2.55. The van der Waals surface area contributed by atoms with Gasteiger partial charge in [-0.15, -0.1) is 0 Å². The highest BCUT2D eigenvalue weighted by atomic mass is 16.5. The molecule has 0 bridgehead atoms. The number of unbranched alkanes of at least 4 members (excludes halogenated alkanes) is 1. The third-order valence-corrected chi connectivity index (χ3v) is 5.29. The van der Waals surface area contributed by atoms with Crippen LogP contribution in [0.15, 0.2) is 12.3 Å². The number of hydrogen-bond donors (Lipinski definition) is 1. The highest BCUT2D eigenvalue weighted by molar-refractivity contribution is 5.95. The smallest absolute Gasteiger partial charge is 0.228 e. The van der Waals surface area contributed by atoms with Crippen molar-refractivity contribution in [2.24, 2.45) is 5.92 Å². The van der Waals surface area contributed by atoms with Crippen molar-refractivity contribution in [2.45, 2.75) is 64.4 Å². The quantitative estimate of drug-likeness (QED) is 0.779. The maximum Gasteiger partial charge on any atom is 0.228 e. The van der Waals surface area contributed by atoms with Crippen LogP contribution in [0.25, 0.3) is 0 Å². The van der Waals surface area contributed by atoms with Gasteiger partial charge >= 0.3 is 0 Å².